The molecule has 0 saturated carbocycles. The zero-order valence-corrected chi connectivity index (χ0v) is 12.1. The van der Waals surface area contributed by atoms with E-state index in [2.05, 4.69) is 5.32 Å². The van der Waals surface area contributed by atoms with Gasteiger partial charge in [0.25, 0.3) is 5.91 Å². The number of hydrogen-bond acceptors (Lipinski definition) is 2. The van der Waals surface area contributed by atoms with Crippen molar-refractivity contribution >= 4 is 17.5 Å². The van der Waals surface area contributed by atoms with Gasteiger partial charge < -0.3 is 10.4 Å². The third-order valence-corrected chi connectivity index (χ3v) is 3.40. The molecule has 0 radical (unpaired) electrons. The highest BCUT2D eigenvalue weighted by molar-refractivity contribution is 6.30. The van der Waals surface area contributed by atoms with Gasteiger partial charge in [0, 0.05) is 10.6 Å². The first-order valence-electron chi connectivity index (χ1n) is 6.47. The van der Waals surface area contributed by atoms with Gasteiger partial charge in [0.15, 0.2) is 0 Å². The van der Waals surface area contributed by atoms with Crippen molar-refractivity contribution in [3.05, 3.63) is 70.5 Å². The van der Waals surface area contributed by atoms with Gasteiger partial charge in [0.1, 0.15) is 5.82 Å². The standard InChI is InChI=1S/C16H15ClFNO2/c1-10(15(20)11-2-6-13(17)7-3-11)19-16(21)12-4-8-14(18)9-5-12/h2-10,15,20H,1H3,(H,19,21). The Morgan fingerprint density at radius 2 is 1.71 bits per heavy atom. The number of carbonyl (C=O) groups excluding carboxylic acids is 1. The van der Waals surface area contributed by atoms with Crippen LogP contribution in [0.2, 0.25) is 5.02 Å². The molecule has 0 fully saturated rings. The summed E-state index contributed by atoms with van der Waals surface area (Å²) in [7, 11) is 0. The highest BCUT2D eigenvalue weighted by atomic mass is 35.5. The molecule has 2 N–H and O–H groups in total. The number of hydrogen-bond donors (Lipinski definition) is 2. The first-order chi connectivity index (χ1) is 9.97. The Morgan fingerprint density at radius 1 is 1.14 bits per heavy atom. The molecule has 2 unspecified atom stereocenters. The zero-order chi connectivity index (χ0) is 15.4. The Balaban J connectivity index is 2.03. The minimum Gasteiger partial charge on any atom is -0.386 e. The fraction of sp³-hybridized carbons (Fsp3) is 0.188. The van der Waals surface area contributed by atoms with Crippen molar-refractivity contribution in [3.63, 3.8) is 0 Å². The molecule has 2 atom stereocenters. The van der Waals surface area contributed by atoms with Crippen LogP contribution in [0.15, 0.2) is 48.5 Å². The van der Waals surface area contributed by atoms with Gasteiger partial charge in [-0.05, 0) is 48.9 Å². The number of nitrogens with one attached hydrogen (secondary N) is 1. The molecule has 5 heteroatoms. The summed E-state index contributed by atoms with van der Waals surface area (Å²) >= 11 is 5.79. The molecule has 0 aliphatic carbocycles. The van der Waals surface area contributed by atoms with Crippen LogP contribution in [0.5, 0.6) is 0 Å². The predicted molar refractivity (Wildman–Crippen MR) is 79.7 cm³/mol. The molecule has 2 rings (SSSR count). The van der Waals surface area contributed by atoms with E-state index in [1.807, 2.05) is 0 Å². The second-order valence-electron chi connectivity index (χ2n) is 4.77. The molecule has 2 aromatic rings. The quantitative estimate of drug-likeness (QED) is 0.910. The molecule has 0 spiro atoms. The fourth-order valence-corrected chi connectivity index (χ4v) is 2.04. The van der Waals surface area contributed by atoms with E-state index < -0.39 is 18.0 Å². The number of amides is 1. The molecular weight excluding hydrogens is 293 g/mol. The molecule has 3 nitrogen and oxygen atoms in total. The van der Waals surface area contributed by atoms with Crippen LogP contribution in [-0.4, -0.2) is 17.1 Å². The van der Waals surface area contributed by atoms with Gasteiger partial charge in [-0.1, -0.05) is 23.7 Å². The highest BCUT2D eigenvalue weighted by Crippen LogP contribution is 2.19. The third-order valence-electron chi connectivity index (χ3n) is 3.15. The van der Waals surface area contributed by atoms with Crippen LogP contribution in [0.25, 0.3) is 0 Å². The number of rotatable bonds is 4. The summed E-state index contributed by atoms with van der Waals surface area (Å²) < 4.78 is 12.8. The van der Waals surface area contributed by atoms with E-state index in [9.17, 15) is 14.3 Å². The summed E-state index contributed by atoms with van der Waals surface area (Å²) in [4.78, 5) is 12.0. The van der Waals surface area contributed by atoms with Gasteiger partial charge >= 0.3 is 0 Å². The minimum absolute atomic E-state index is 0.339. The molecule has 0 heterocycles. The van der Waals surface area contributed by atoms with Crippen molar-refractivity contribution in [1.82, 2.24) is 5.32 Å². The monoisotopic (exact) mass is 307 g/mol. The van der Waals surface area contributed by atoms with Gasteiger partial charge in [-0.15, -0.1) is 0 Å². The molecule has 0 saturated heterocycles. The van der Waals surface area contributed by atoms with Gasteiger partial charge in [-0.2, -0.15) is 0 Å². The van der Waals surface area contributed by atoms with E-state index in [1.54, 1.807) is 31.2 Å². The third kappa shape index (κ3) is 4.03. The SMILES string of the molecule is CC(NC(=O)c1ccc(F)cc1)C(O)c1ccc(Cl)cc1. The minimum atomic E-state index is -0.855. The van der Waals surface area contributed by atoms with Crippen LogP contribution in [0.4, 0.5) is 4.39 Å². The zero-order valence-electron chi connectivity index (χ0n) is 11.4. The maximum atomic E-state index is 12.8. The lowest BCUT2D eigenvalue weighted by atomic mass is 10.0. The summed E-state index contributed by atoms with van der Waals surface area (Å²) in [5, 5.41) is 13.5. The van der Waals surface area contributed by atoms with Crippen LogP contribution in [0, 0.1) is 5.82 Å². The van der Waals surface area contributed by atoms with E-state index in [-0.39, 0.29) is 5.91 Å². The smallest absolute Gasteiger partial charge is 0.251 e. The number of aliphatic hydroxyl groups excluding tert-OH is 1. The van der Waals surface area contributed by atoms with E-state index in [0.29, 0.717) is 16.1 Å². The number of carbonyl (C=O) groups is 1. The van der Waals surface area contributed by atoms with E-state index in [1.165, 1.54) is 24.3 Å². The fourth-order valence-electron chi connectivity index (χ4n) is 1.92. The number of aliphatic hydroxyl groups is 1. The largest absolute Gasteiger partial charge is 0.386 e. The maximum absolute atomic E-state index is 12.8. The summed E-state index contributed by atoms with van der Waals surface area (Å²) in [5.74, 6) is -0.767. The molecular formula is C16H15ClFNO2. The predicted octanol–water partition coefficient (Wildman–Crippen LogP) is 3.33. The molecule has 0 aliphatic heterocycles. The second-order valence-corrected chi connectivity index (χ2v) is 5.20. The van der Waals surface area contributed by atoms with Crippen molar-refractivity contribution in [2.75, 3.05) is 0 Å². The number of benzene rings is 2. The second kappa shape index (κ2) is 6.70. The van der Waals surface area contributed by atoms with Gasteiger partial charge in [0.2, 0.25) is 0 Å². The van der Waals surface area contributed by atoms with Gasteiger partial charge in [0.05, 0.1) is 12.1 Å². The Kier molecular flexibility index (Phi) is 4.94. The molecule has 110 valence electrons. The lowest BCUT2D eigenvalue weighted by Crippen LogP contribution is -2.37. The van der Waals surface area contributed by atoms with Crippen molar-refractivity contribution in [2.24, 2.45) is 0 Å². The lowest BCUT2D eigenvalue weighted by molar-refractivity contribution is 0.0852. The van der Waals surface area contributed by atoms with Crippen LogP contribution in [-0.2, 0) is 0 Å². The summed E-state index contributed by atoms with van der Waals surface area (Å²) in [6, 6.07) is 11.5. The van der Waals surface area contributed by atoms with E-state index in [4.69, 9.17) is 11.6 Å². The van der Waals surface area contributed by atoms with Crippen LogP contribution in [0.1, 0.15) is 28.9 Å². The summed E-state index contributed by atoms with van der Waals surface area (Å²) in [6.07, 6.45) is -0.855. The molecule has 0 aliphatic rings. The topological polar surface area (TPSA) is 49.3 Å². The molecule has 1 amide bonds. The highest BCUT2D eigenvalue weighted by Gasteiger charge is 2.19. The van der Waals surface area contributed by atoms with Gasteiger partial charge in [-0.3, -0.25) is 4.79 Å². The Morgan fingerprint density at radius 3 is 2.29 bits per heavy atom. The van der Waals surface area contributed by atoms with Crippen LogP contribution >= 0.6 is 11.6 Å². The summed E-state index contributed by atoms with van der Waals surface area (Å²) in [6.45, 7) is 1.70. The normalized spacial score (nSPS) is 13.5. The Labute approximate surface area is 127 Å². The van der Waals surface area contributed by atoms with E-state index >= 15 is 0 Å². The van der Waals surface area contributed by atoms with Gasteiger partial charge in [-0.25, -0.2) is 4.39 Å². The van der Waals surface area contributed by atoms with Crippen molar-refractivity contribution < 1.29 is 14.3 Å². The summed E-state index contributed by atoms with van der Waals surface area (Å²) in [5.41, 5.74) is 0.998. The van der Waals surface area contributed by atoms with Crippen molar-refractivity contribution in [3.8, 4) is 0 Å². The lowest BCUT2D eigenvalue weighted by Gasteiger charge is -2.20. The van der Waals surface area contributed by atoms with Crippen LogP contribution < -0.4 is 5.32 Å². The molecule has 2 aromatic carbocycles. The Hall–Kier alpha value is -1.91. The first kappa shape index (κ1) is 15.5. The van der Waals surface area contributed by atoms with Crippen LogP contribution in [0.3, 0.4) is 0 Å². The Bertz CT molecular complexity index is 613. The van der Waals surface area contributed by atoms with E-state index in [0.717, 1.165) is 0 Å². The van der Waals surface area contributed by atoms with Crippen molar-refractivity contribution in [1.29, 1.82) is 0 Å². The molecule has 0 bridgehead atoms. The number of halogens is 2. The first-order valence-corrected chi connectivity index (χ1v) is 6.85. The molecule has 0 aromatic heterocycles. The van der Waals surface area contributed by atoms with Crippen molar-refractivity contribution in [2.45, 2.75) is 19.1 Å². The average molecular weight is 308 g/mol. The molecule has 21 heavy (non-hydrogen) atoms. The average Bonchev–Trinajstić information content (AvgIpc) is 2.47. The maximum Gasteiger partial charge on any atom is 0.251 e.